The van der Waals surface area contributed by atoms with Gasteiger partial charge in [0.05, 0.1) is 31.2 Å². The molecule has 0 fully saturated rings. The first-order chi connectivity index (χ1) is 16.9. The summed E-state index contributed by atoms with van der Waals surface area (Å²) >= 11 is 0. The van der Waals surface area contributed by atoms with Gasteiger partial charge in [-0.05, 0) is 48.0 Å². The van der Waals surface area contributed by atoms with Crippen molar-refractivity contribution in [2.75, 3.05) is 14.2 Å². The molecule has 0 aliphatic heterocycles. The van der Waals surface area contributed by atoms with Gasteiger partial charge in [-0.25, -0.2) is 13.9 Å². The lowest BCUT2D eigenvalue weighted by Crippen LogP contribution is -2.34. The molecule has 0 unspecified atom stereocenters. The predicted octanol–water partition coefficient (Wildman–Crippen LogP) is 4.25. The summed E-state index contributed by atoms with van der Waals surface area (Å²) in [5.41, 5.74) is 1.80. The van der Waals surface area contributed by atoms with Crippen molar-refractivity contribution >= 4 is 11.9 Å². The lowest BCUT2D eigenvalue weighted by atomic mass is 10.1. The highest BCUT2D eigenvalue weighted by Gasteiger charge is 2.26. The largest absolute Gasteiger partial charge is 0.496 e. The Bertz CT molecular complexity index is 1330. The van der Waals surface area contributed by atoms with Crippen LogP contribution in [0.1, 0.15) is 22.1 Å². The average molecular weight is 475 g/mol. The Hall–Kier alpha value is -4.66. The first-order valence-electron chi connectivity index (χ1n) is 10.6. The van der Waals surface area contributed by atoms with E-state index in [1.165, 1.54) is 49.2 Å². The average Bonchev–Trinajstić information content (AvgIpc) is 3.32. The van der Waals surface area contributed by atoms with Crippen LogP contribution in [-0.2, 0) is 4.79 Å². The summed E-state index contributed by atoms with van der Waals surface area (Å²) in [4.78, 5) is 25.0. The quantitative estimate of drug-likeness (QED) is 0.395. The third-order valence-electron chi connectivity index (χ3n) is 5.35. The molecule has 1 amide bonds. The molecule has 4 aromatic rings. The maximum absolute atomic E-state index is 13.6. The number of nitrogens with zero attached hydrogens (tertiary/aromatic N) is 2. The number of ether oxygens (including phenoxy) is 2. The van der Waals surface area contributed by atoms with Gasteiger partial charge in [-0.3, -0.25) is 4.79 Å². The van der Waals surface area contributed by atoms with Crippen LogP contribution in [0.3, 0.4) is 0 Å². The number of aromatic nitrogens is 2. The van der Waals surface area contributed by atoms with E-state index in [-0.39, 0.29) is 5.69 Å². The minimum Gasteiger partial charge on any atom is -0.496 e. The number of halogens is 1. The van der Waals surface area contributed by atoms with Crippen LogP contribution in [0.4, 0.5) is 4.39 Å². The highest BCUT2D eigenvalue weighted by atomic mass is 19.1. The van der Waals surface area contributed by atoms with Crippen LogP contribution in [0.25, 0.3) is 16.9 Å². The van der Waals surface area contributed by atoms with E-state index in [0.717, 1.165) is 0 Å². The summed E-state index contributed by atoms with van der Waals surface area (Å²) in [5.74, 6) is -1.41. The zero-order chi connectivity index (χ0) is 24.9. The zero-order valence-corrected chi connectivity index (χ0v) is 18.9. The number of hydrogen-bond donors (Lipinski definition) is 2. The Morgan fingerprint density at radius 2 is 1.57 bits per heavy atom. The van der Waals surface area contributed by atoms with E-state index < -0.39 is 23.7 Å². The molecule has 8 nitrogen and oxygen atoms in total. The SMILES string of the molecule is COc1cccc(OC)c1-c1cc(C(=O)N[C@H](C(=O)O)c2ccccc2)nn1-c1ccc(F)cc1. The number of carbonyl (C=O) groups excluding carboxylic acids is 1. The first kappa shape index (κ1) is 23.5. The molecule has 0 spiro atoms. The van der Waals surface area contributed by atoms with Crippen molar-refractivity contribution in [3.05, 3.63) is 95.9 Å². The van der Waals surface area contributed by atoms with Gasteiger partial charge in [0.15, 0.2) is 11.7 Å². The molecule has 1 heterocycles. The lowest BCUT2D eigenvalue weighted by molar-refractivity contribution is -0.139. The molecular weight excluding hydrogens is 453 g/mol. The first-order valence-corrected chi connectivity index (χ1v) is 10.6. The topological polar surface area (TPSA) is 103 Å². The van der Waals surface area contributed by atoms with E-state index in [9.17, 15) is 19.1 Å². The number of rotatable bonds is 8. The lowest BCUT2D eigenvalue weighted by Gasteiger charge is -2.14. The number of carbonyl (C=O) groups is 2. The number of carboxylic acids is 1. The van der Waals surface area contributed by atoms with E-state index in [4.69, 9.17) is 9.47 Å². The van der Waals surface area contributed by atoms with Gasteiger partial charge >= 0.3 is 5.97 Å². The molecular formula is C26H22FN3O5. The van der Waals surface area contributed by atoms with Crippen molar-refractivity contribution in [2.24, 2.45) is 0 Å². The second-order valence-electron chi connectivity index (χ2n) is 7.50. The Morgan fingerprint density at radius 1 is 0.943 bits per heavy atom. The van der Waals surface area contributed by atoms with Gasteiger partial charge in [0.1, 0.15) is 17.3 Å². The van der Waals surface area contributed by atoms with Crippen molar-refractivity contribution in [1.82, 2.24) is 15.1 Å². The van der Waals surface area contributed by atoms with Gasteiger partial charge in [-0.1, -0.05) is 36.4 Å². The molecule has 9 heteroatoms. The number of nitrogens with one attached hydrogen (secondary N) is 1. The molecule has 1 aromatic heterocycles. The highest BCUT2D eigenvalue weighted by molar-refractivity contribution is 5.96. The van der Waals surface area contributed by atoms with Crippen LogP contribution in [0.15, 0.2) is 78.9 Å². The van der Waals surface area contributed by atoms with Crippen molar-refractivity contribution in [1.29, 1.82) is 0 Å². The number of aliphatic carboxylic acids is 1. The second-order valence-corrected chi connectivity index (χ2v) is 7.50. The number of hydrogen-bond acceptors (Lipinski definition) is 5. The predicted molar refractivity (Wildman–Crippen MR) is 126 cm³/mol. The summed E-state index contributed by atoms with van der Waals surface area (Å²) in [5, 5.41) is 16.6. The van der Waals surface area contributed by atoms with Crippen LogP contribution in [0, 0.1) is 5.82 Å². The Morgan fingerprint density at radius 3 is 2.14 bits per heavy atom. The summed E-state index contributed by atoms with van der Waals surface area (Å²) < 4.78 is 26.1. The standard InChI is InChI=1S/C26H22FN3O5/c1-34-21-9-6-10-22(35-2)23(21)20-15-19(29-30(20)18-13-11-17(27)12-14-18)25(31)28-24(26(32)33)16-7-4-3-5-8-16/h3-15,24H,1-2H3,(H,28,31)(H,32,33)/t24-/m0/s1. The molecule has 0 aliphatic carbocycles. The third kappa shape index (κ3) is 4.84. The summed E-state index contributed by atoms with van der Waals surface area (Å²) in [6.45, 7) is 0. The molecule has 2 N–H and O–H groups in total. The monoisotopic (exact) mass is 475 g/mol. The Labute approximate surface area is 200 Å². The second kappa shape index (κ2) is 10.1. The van der Waals surface area contributed by atoms with Gasteiger partial charge < -0.3 is 19.9 Å². The molecule has 0 bridgehead atoms. The van der Waals surface area contributed by atoms with Gasteiger partial charge in [-0.2, -0.15) is 5.10 Å². The fourth-order valence-corrected chi connectivity index (χ4v) is 3.69. The normalized spacial score (nSPS) is 11.5. The van der Waals surface area contributed by atoms with E-state index in [1.807, 2.05) is 0 Å². The number of carboxylic acid groups (broad SMARTS) is 1. The van der Waals surface area contributed by atoms with Crippen LogP contribution < -0.4 is 14.8 Å². The molecule has 0 aliphatic rings. The summed E-state index contributed by atoms with van der Waals surface area (Å²) in [6.07, 6.45) is 0. The third-order valence-corrected chi connectivity index (χ3v) is 5.35. The number of amides is 1. The van der Waals surface area contributed by atoms with E-state index >= 15 is 0 Å². The van der Waals surface area contributed by atoms with Crippen molar-refractivity contribution in [3.63, 3.8) is 0 Å². The Balaban J connectivity index is 1.82. The molecule has 0 saturated carbocycles. The molecule has 178 valence electrons. The van der Waals surface area contributed by atoms with Crippen molar-refractivity contribution < 1.29 is 28.6 Å². The van der Waals surface area contributed by atoms with Crippen LogP contribution >= 0.6 is 0 Å². The van der Waals surface area contributed by atoms with Crippen LogP contribution in [-0.4, -0.2) is 41.0 Å². The molecule has 35 heavy (non-hydrogen) atoms. The van der Waals surface area contributed by atoms with Crippen molar-refractivity contribution in [2.45, 2.75) is 6.04 Å². The molecule has 0 saturated heterocycles. The minimum absolute atomic E-state index is 0.0422. The molecule has 3 aromatic carbocycles. The van der Waals surface area contributed by atoms with E-state index in [0.29, 0.717) is 34.0 Å². The van der Waals surface area contributed by atoms with Gasteiger partial charge in [-0.15, -0.1) is 0 Å². The zero-order valence-electron chi connectivity index (χ0n) is 18.9. The van der Waals surface area contributed by atoms with Crippen LogP contribution in [0.5, 0.6) is 11.5 Å². The smallest absolute Gasteiger partial charge is 0.330 e. The maximum atomic E-state index is 13.6. The van der Waals surface area contributed by atoms with Crippen LogP contribution in [0.2, 0.25) is 0 Å². The van der Waals surface area contributed by atoms with Gasteiger partial charge in [0.25, 0.3) is 5.91 Å². The fourth-order valence-electron chi connectivity index (χ4n) is 3.69. The molecule has 0 radical (unpaired) electrons. The van der Waals surface area contributed by atoms with E-state index in [1.54, 1.807) is 48.5 Å². The summed E-state index contributed by atoms with van der Waals surface area (Å²) in [7, 11) is 3.00. The maximum Gasteiger partial charge on any atom is 0.330 e. The number of benzene rings is 3. The summed E-state index contributed by atoms with van der Waals surface area (Å²) in [6, 6.07) is 19.4. The minimum atomic E-state index is -1.27. The molecule has 1 atom stereocenters. The molecule has 4 rings (SSSR count). The fraction of sp³-hybridized carbons (Fsp3) is 0.115. The number of methoxy groups -OCH3 is 2. The van der Waals surface area contributed by atoms with E-state index in [2.05, 4.69) is 10.4 Å². The van der Waals surface area contributed by atoms with Gasteiger partial charge in [0.2, 0.25) is 0 Å². The van der Waals surface area contributed by atoms with Crippen molar-refractivity contribution in [3.8, 4) is 28.4 Å². The van der Waals surface area contributed by atoms with Gasteiger partial charge in [0, 0.05) is 0 Å². The Kier molecular flexibility index (Phi) is 6.77. The highest BCUT2D eigenvalue weighted by Crippen LogP contribution is 2.39.